The molecule has 0 atom stereocenters. The van der Waals surface area contributed by atoms with E-state index in [2.05, 4.69) is 47.3 Å². The molecule has 0 unspecified atom stereocenters. The summed E-state index contributed by atoms with van der Waals surface area (Å²) in [5.74, 6) is 1.42. The lowest BCUT2D eigenvalue weighted by Crippen LogP contribution is -2.12. The van der Waals surface area contributed by atoms with E-state index in [-0.39, 0.29) is 11.2 Å². The minimum absolute atomic E-state index is 0.0612. The SMILES string of the molecule is CC(C)(C)c1ccccc1Oc1ncccc1Nc1nnc(-c2cccc(O)c2)s1. The average Bonchev–Trinajstić information content (AvgIpc) is 3.18. The third kappa shape index (κ3) is 4.41. The number of nitrogens with zero attached hydrogens (tertiary/aromatic N) is 3. The van der Waals surface area contributed by atoms with Gasteiger partial charge in [0, 0.05) is 17.3 Å². The van der Waals surface area contributed by atoms with E-state index >= 15 is 0 Å². The van der Waals surface area contributed by atoms with Gasteiger partial charge in [-0.05, 0) is 35.7 Å². The lowest BCUT2D eigenvalue weighted by molar-refractivity contribution is 0.442. The first kappa shape index (κ1) is 19.8. The van der Waals surface area contributed by atoms with Crippen LogP contribution in [-0.2, 0) is 5.41 Å². The number of nitrogens with one attached hydrogen (secondary N) is 1. The number of pyridine rings is 1. The zero-order valence-corrected chi connectivity index (χ0v) is 17.8. The van der Waals surface area contributed by atoms with E-state index in [1.54, 1.807) is 24.4 Å². The number of para-hydroxylation sites is 1. The molecular formula is C23H22N4O2S. The smallest absolute Gasteiger partial charge is 0.243 e. The second-order valence-electron chi connectivity index (χ2n) is 7.79. The van der Waals surface area contributed by atoms with Crippen LogP contribution in [0.3, 0.4) is 0 Å². The molecule has 4 aromatic rings. The number of benzene rings is 2. The molecule has 0 radical (unpaired) electrons. The monoisotopic (exact) mass is 418 g/mol. The zero-order chi connectivity index (χ0) is 21.1. The van der Waals surface area contributed by atoms with Gasteiger partial charge < -0.3 is 15.2 Å². The minimum Gasteiger partial charge on any atom is -0.508 e. The second kappa shape index (κ2) is 8.12. The van der Waals surface area contributed by atoms with Crippen molar-refractivity contribution < 1.29 is 9.84 Å². The summed E-state index contributed by atoms with van der Waals surface area (Å²) in [6.07, 6.45) is 1.69. The van der Waals surface area contributed by atoms with Gasteiger partial charge in [-0.25, -0.2) is 4.98 Å². The van der Waals surface area contributed by atoms with Crippen LogP contribution in [0.25, 0.3) is 10.6 Å². The van der Waals surface area contributed by atoms with Gasteiger partial charge in [-0.1, -0.05) is 62.4 Å². The van der Waals surface area contributed by atoms with Crippen LogP contribution in [0.2, 0.25) is 0 Å². The molecule has 2 heterocycles. The molecule has 2 aromatic heterocycles. The van der Waals surface area contributed by atoms with Gasteiger partial charge in [-0.15, -0.1) is 10.2 Å². The summed E-state index contributed by atoms with van der Waals surface area (Å²) in [5.41, 5.74) is 2.54. The Bertz CT molecular complexity index is 1170. The Kier molecular flexibility index (Phi) is 5.37. The van der Waals surface area contributed by atoms with Crippen molar-refractivity contribution in [3.63, 3.8) is 0 Å². The summed E-state index contributed by atoms with van der Waals surface area (Å²) in [4.78, 5) is 4.41. The van der Waals surface area contributed by atoms with Crippen LogP contribution in [-0.4, -0.2) is 20.3 Å². The van der Waals surface area contributed by atoms with Crippen molar-refractivity contribution in [3.05, 3.63) is 72.4 Å². The van der Waals surface area contributed by atoms with Gasteiger partial charge in [-0.2, -0.15) is 0 Å². The molecule has 4 rings (SSSR count). The molecule has 0 aliphatic rings. The van der Waals surface area contributed by atoms with Gasteiger partial charge in [0.15, 0.2) is 0 Å². The van der Waals surface area contributed by atoms with E-state index in [0.29, 0.717) is 21.7 Å². The first-order valence-electron chi connectivity index (χ1n) is 9.52. The molecule has 0 aliphatic heterocycles. The van der Waals surface area contributed by atoms with Crippen molar-refractivity contribution in [1.29, 1.82) is 0 Å². The number of phenolic OH excluding ortho intramolecular Hbond substituents is 1. The normalized spacial score (nSPS) is 11.3. The largest absolute Gasteiger partial charge is 0.508 e. The summed E-state index contributed by atoms with van der Waals surface area (Å²) in [7, 11) is 0. The molecule has 0 saturated carbocycles. The highest BCUT2D eigenvalue weighted by Crippen LogP contribution is 2.37. The van der Waals surface area contributed by atoms with Crippen LogP contribution >= 0.6 is 11.3 Å². The van der Waals surface area contributed by atoms with E-state index in [0.717, 1.165) is 16.9 Å². The number of phenols is 1. The number of hydrogen-bond acceptors (Lipinski definition) is 7. The van der Waals surface area contributed by atoms with E-state index in [1.807, 2.05) is 36.4 Å². The molecule has 7 heteroatoms. The first-order chi connectivity index (χ1) is 14.4. The van der Waals surface area contributed by atoms with E-state index in [4.69, 9.17) is 4.74 Å². The lowest BCUT2D eigenvalue weighted by atomic mass is 9.86. The highest BCUT2D eigenvalue weighted by molar-refractivity contribution is 7.18. The Labute approximate surface area is 179 Å². The summed E-state index contributed by atoms with van der Waals surface area (Å²) < 4.78 is 6.20. The maximum atomic E-state index is 9.69. The van der Waals surface area contributed by atoms with E-state index < -0.39 is 0 Å². The third-order valence-corrected chi connectivity index (χ3v) is 5.32. The van der Waals surface area contributed by atoms with Crippen molar-refractivity contribution in [2.24, 2.45) is 0 Å². The van der Waals surface area contributed by atoms with Crippen LogP contribution in [0.4, 0.5) is 10.8 Å². The van der Waals surface area contributed by atoms with Crippen LogP contribution in [0.5, 0.6) is 17.4 Å². The number of anilines is 2. The summed E-state index contributed by atoms with van der Waals surface area (Å²) in [6.45, 7) is 6.45. The summed E-state index contributed by atoms with van der Waals surface area (Å²) >= 11 is 1.38. The molecule has 2 aromatic carbocycles. The Morgan fingerprint density at radius 3 is 2.60 bits per heavy atom. The topological polar surface area (TPSA) is 80.2 Å². The minimum atomic E-state index is -0.0612. The fourth-order valence-electron chi connectivity index (χ4n) is 2.99. The van der Waals surface area contributed by atoms with Crippen molar-refractivity contribution in [2.75, 3.05) is 5.32 Å². The van der Waals surface area contributed by atoms with Gasteiger partial charge in [-0.3, -0.25) is 0 Å². The Balaban J connectivity index is 1.60. The fourth-order valence-corrected chi connectivity index (χ4v) is 3.74. The Morgan fingerprint density at radius 1 is 0.967 bits per heavy atom. The maximum absolute atomic E-state index is 9.69. The molecule has 0 bridgehead atoms. The first-order valence-corrected chi connectivity index (χ1v) is 10.3. The van der Waals surface area contributed by atoms with Gasteiger partial charge >= 0.3 is 0 Å². The summed E-state index contributed by atoms with van der Waals surface area (Å²) in [5, 5.41) is 22.7. The van der Waals surface area contributed by atoms with Crippen molar-refractivity contribution in [3.8, 4) is 28.0 Å². The van der Waals surface area contributed by atoms with Crippen LogP contribution in [0, 0.1) is 0 Å². The molecule has 6 nitrogen and oxygen atoms in total. The number of hydrogen-bond donors (Lipinski definition) is 2. The molecule has 0 saturated heterocycles. The molecule has 0 spiro atoms. The summed E-state index contributed by atoms with van der Waals surface area (Å²) in [6, 6.07) is 18.6. The van der Waals surface area contributed by atoms with Crippen LogP contribution in [0.1, 0.15) is 26.3 Å². The standard InChI is InChI=1S/C23H22N4O2S/c1-23(2,3)17-10-4-5-12-19(17)29-20-18(11-7-13-24-20)25-22-27-26-21(30-22)15-8-6-9-16(28)14-15/h4-14,28H,1-3H3,(H,25,27). The Hall–Kier alpha value is -3.45. The highest BCUT2D eigenvalue weighted by atomic mass is 32.1. The predicted octanol–water partition coefficient (Wildman–Crippen LogP) is 6.14. The number of ether oxygens (including phenoxy) is 1. The molecule has 2 N–H and O–H groups in total. The van der Waals surface area contributed by atoms with Crippen LogP contribution < -0.4 is 10.1 Å². The van der Waals surface area contributed by atoms with Gasteiger partial charge in [0.25, 0.3) is 0 Å². The number of aromatic hydroxyl groups is 1. The zero-order valence-electron chi connectivity index (χ0n) is 17.0. The number of aromatic nitrogens is 3. The van der Waals surface area contributed by atoms with E-state index in [9.17, 15) is 5.11 Å². The lowest BCUT2D eigenvalue weighted by Gasteiger charge is -2.22. The quantitative estimate of drug-likeness (QED) is 0.405. The second-order valence-corrected chi connectivity index (χ2v) is 8.77. The molecule has 152 valence electrons. The van der Waals surface area contributed by atoms with Crippen LogP contribution in [0.15, 0.2) is 66.9 Å². The van der Waals surface area contributed by atoms with Crippen molar-refractivity contribution in [1.82, 2.24) is 15.2 Å². The third-order valence-electron chi connectivity index (χ3n) is 4.43. The molecule has 0 amide bonds. The van der Waals surface area contributed by atoms with Crippen molar-refractivity contribution >= 4 is 22.2 Å². The fraction of sp³-hybridized carbons (Fsp3) is 0.174. The predicted molar refractivity (Wildman–Crippen MR) is 120 cm³/mol. The average molecular weight is 419 g/mol. The molecule has 0 aliphatic carbocycles. The maximum Gasteiger partial charge on any atom is 0.243 e. The van der Waals surface area contributed by atoms with Gasteiger partial charge in [0.2, 0.25) is 11.0 Å². The molecule has 0 fully saturated rings. The van der Waals surface area contributed by atoms with Crippen molar-refractivity contribution in [2.45, 2.75) is 26.2 Å². The van der Waals surface area contributed by atoms with Gasteiger partial charge in [0.05, 0.1) is 0 Å². The highest BCUT2D eigenvalue weighted by Gasteiger charge is 2.20. The van der Waals surface area contributed by atoms with Gasteiger partial charge in [0.1, 0.15) is 22.2 Å². The number of rotatable bonds is 5. The van der Waals surface area contributed by atoms with E-state index in [1.165, 1.54) is 11.3 Å². The molecular weight excluding hydrogens is 396 g/mol. The Morgan fingerprint density at radius 2 is 1.80 bits per heavy atom. The molecule has 30 heavy (non-hydrogen) atoms.